The summed E-state index contributed by atoms with van der Waals surface area (Å²) in [5.41, 5.74) is 4.46. The summed E-state index contributed by atoms with van der Waals surface area (Å²) in [6.45, 7) is 4.04. The molecule has 2 aromatic carbocycles. The van der Waals surface area contributed by atoms with Crippen molar-refractivity contribution in [1.29, 1.82) is 0 Å². The highest BCUT2D eigenvalue weighted by atomic mass is 19.1. The Labute approximate surface area is 156 Å². The molecule has 5 heteroatoms. The first-order valence-corrected chi connectivity index (χ1v) is 8.64. The van der Waals surface area contributed by atoms with Gasteiger partial charge in [0.05, 0.1) is 5.56 Å². The van der Waals surface area contributed by atoms with Crippen LogP contribution in [-0.2, 0) is 0 Å². The molecule has 0 fully saturated rings. The predicted octanol–water partition coefficient (Wildman–Crippen LogP) is 5.01. The van der Waals surface area contributed by atoms with Crippen molar-refractivity contribution in [2.75, 3.05) is 5.32 Å². The number of hydrogen-bond donors (Lipinski definition) is 1. The van der Waals surface area contributed by atoms with Crippen molar-refractivity contribution in [1.82, 2.24) is 9.38 Å². The van der Waals surface area contributed by atoms with Crippen molar-refractivity contribution in [3.63, 3.8) is 0 Å². The normalized spacial score (nSPS) is 10.9. The minimum Gasteiger partial charge on any atom is -0.306 e. The number of carbonyl (C=O) groups is 1. The number of carbonyl (C=O) groups excluding carboxylic acids is 1. The lowest BCUT2D eigenvalue weighted by atomic mass is 10.0. The van der Waals surface area contributed by atoms with Crippen LogP contribution in [0.4, 0.5) is 10.2 Å². The third kappa shape index (κ3) is 3.19. The van der Waals surface area contributed by atoms with Gasteiger partial charge in [-0.05, 0) is 50.2 Å². The van der Waals surface area contributed by atoms with Crippen molar-refractivity contribution in [2.45, 2.75) is 13.8 Å². The van der Waals surface area contributed by atoms with Gasteiger partial charge in [0.2, 0.25) is 0 Å². The van der Waals surface area contributed by atoms with Gasteiger partial charge in [-0.15, -0.1) is 0 Å². The summed E-state index contributed by atoms with van der Waals surface area (Å²) in [6, 6.07) is 17.7. The second-order valence-electron chi connectivity index (χ2n) is 6.55. The van der Waals surface area contributed by atoms with Gasteiger partial charge in [0.25, 0.3) is 5.91 Å². The lowest BCUT2D eigenvalue weighted by Crippen LogP contribution is -2.15. The molecule has 27 heavy (non-hydrogen) atoms. The van der Waals surface area contributed by atoms with E-state index in [4.69, 9.17) is 0 Å². The van der Waals surface area contributed by atoms with Crippen molar-refractivity contribution in [3.05, 3.63) is 89.4 Å². The van der Waals surface area contributed by atoms with Crippen molar-refractivity contribution < 1.29 is 9.18 Å². The second-order valence-corrected chi connectivity index (χ2v) is 6.55. The van der Waals surface area contributed by atoms with Gasteiger partial charge in [-0.1, -0.05) is 35.4 Å². The highest BCUT2D eigenvalue weighted by Gasteiger charge is 2.19. The van der Waals surface area contributed by atoms with E-state index in [1.165, 1.54) is 12.1 Å². The standard InChI is InChI=1S/C22H18FN3O/c1-14-11-15(2)13-16(12-14)20-21(26-10-6-5-9-19(26)24-20)25-22(27)17-7-3-4-8-18(17)23/h3-13H,1-2H3,(H,25,27). The maximum absolute atomic E-state index is 14.0. The van der Waals surface area contributed by atoms with E-state index in [1.54, 1.807) is 16.5 Å². The van der Waals surface area contributed by atoms with Crippen LogP contribution in [0.5, 0.6) is 0 Å². The summed E-state index contributed by atoms with van der Waals surface area (Å²) < 4.78 is 15.8. The number of hydrogen-bond acceptors (Lipinski definition) is 2. The molecule has 0 aliphatic heterocycles. The van der Waals surface area contributed by atoms with Crippen molar-refractivity contribution >= 4 is 17.4 Å². The first-order valence-electron chi connectivity index (χ1n) is 8.64. The lowest BCUT2D eigenvalue weighted by molar-refractivity contribution is 0.102. The van der Waals surface area contributed by atoms with E-state index in [0.29, 0.717) is 17.2 Å². The monoisotopic (exact) mass is 359 g/mol. The molecule has 0 radical (unpaired) electrons. The number of pyridine rings is 1. The summed E-state index contributed by atoms with van der Waals surface area (Å²) >= 11 is 0. The Balaban J connectivity index is 1.86. The molecule has 0 aliphatic rings. The summed E-state index contributed by atoms with van der Waals surface area (Å²) in [6.07, 6.45) is 1.82. The van der Waals surface area contributed by atoms with Gasteiger partial charge >= 0.3 is 0 Å². The molecule has 134 valence electrons. The molecule has 4 nitrogen and oxygen atoms in total. The van der Waals surface area contributed by atoms with Crippen LogP contribution >= 0.6 is 0 Å². The summed E-state index contributed by atoms with van der Waals surface area (Å²) in [5.74, 6) is -0.551. The Morgan fingerprint density at radius 1 is 1.00 bits per heavy atom. The van der Waals surface area contributed by atoms with Gasteiger partial charge in [-0.25, -0.2) is 9.37 Å². The van der Waals surface area contributed by atoms with Gasteiger partial charge in [0.1, 0.15) is 23.0 Å². The average Bonchev–Trinajstić information content (AvgIpc) is 3.00. The van der Waals surface area contributed by atoms with E-state index >= 15 is 0 Å². The zero-order valence-corrected chi connectivity index (χ0v) is 15.0. The van der Waals surface area contributed by atoms with E-state index in [9.17, 15) is 9.18 Å². The van der Waals surface area contributed by atoms with Gasteiger partial charge in [-0.2, -0.15) is 0 Å². The number of anilines is 1. The highest BCUT2D eigenvalue weighted by Crippen LogP contribution is 2.30. The lowest BCUT2D eigenvalue weighted by Gasteiger charge is -2.09. The largest absolute Gasteiger partial charge is 0.306 e. The molecule has 2 aromatic heterocycles. The number of imidazole rings is 1. The van der Waals surface area contributed by atoms with E-state index in [2.05, 4.69) is 16.4 Å². The number of aromatic nitrogens is 2. The van der Waals surface area contributed by atoms with E-state index in [1.807, 2.05) is 50.4 Å². The fraction of sp³-hybridized carbons (Fsp3) is 0.0909. The van der Waals surface area contributed by atoms with Crippen molar-refractivity contribution in [2.24, 2.45) is 0 Å². The Hall–Kier alpha value is -3.47. The number of benzene rings is 2. The van der Waals surface area contributed by atoms with Crippen molar-refractivity contribution in [3.8, 4) is 11.3 Å². The van der Waals surface area contributed by atoms with Gasteiger partial charge in [0, 0.05) is 11.8 Å². The Kier molecular flexibility index (Phi) is 4.20. The van der Waals surface area contributed by atoms with Crippen LogP contribution in [0.25, 0.3) is 16.9 Å². The van der Waals surface area contributed by atoms with Crippen LogP contribution in [-0.4, -0.2) is 15.3 Å². The minimum atomic E-state index is -0.559. The first-order chi connectivity index (χ1) is 13.0. The SMILES string of the molecule is Cc1cc(C)cc(-c2nc3ccccn3c2NC(=O)c2ccccc2F)c1. The average molecular weight is 359 g/mol. The molecule has 1 N–H and O–H groups in total. The topological polar surface area (TPSA) is 46.4 Å². The molecule has 0 saturated carbocycles. The summed E-state index contributed by atoms with van der Waals surface area (Å²) in [5, 5.41) is 2.85. The molecule has 0 atom stereocenters. The molecular formula is C22H18FN3O. The molecule has 0 aliphatic carbocycles. The summed E-state index contributed by atoms with van der Waals surface area (Å²) in [7, 11) is 0. The molecular weight excluding hydrogens is 341 g/mol. The van der Waals surface area contributed by atoms with Crippen LogP contribution in [0.1, 0.15) is 21.5 Å². The van der Waals surface area contributed by atoms with Crippen LogP contribution in [0.15, 0.2) is 66.9 Å². The number of fused-ring (bicyclic) bond motifs is 1. The number of halogens is 1. The zero-order valence-electron chi connectivity index (χ0n) is 15.0. The third-order valence-electron chi connectivity index (χ3n) is 4.38. The molecule has 0 spiro atoms. The molecule has 0 bridgehead atoms. The molecule has 0 saturated heterocycles. The molecule has 4 aromatic rings. The molecule has 1 amide bonds. The molecule has 4 rings (SSSR count). The number of rotatable bonds is 3. The maximum Gasteiger partial charge on any atom is 0.259 e. The number of nitrogens with zero attached hydrogens (tertiary/aromatic N) is 2. The summed E-state index contributed by atoms with van der Waals surface area (Å²) in [4.78, 5) is 17.4. The fourth-order valence-electron chi connectivity index (χ4n) is 3.25. The quantitative estimate of drug-likeness (QED) is 0.559. The van der Waals surface area contributed by atoms with Gasteiger partial charge in [0.15, 0.2) is 0 Å². The van der Waals surface area contributed by atoms with Crippen LogP contribution < -0.4 is 5.32 Å². The van der Waals surface area contributed by atoms with Crippen LogP contribution in [0.3, 0.4) is 0 Å². The number of amides is 1. The highest BCUT2D eigenvalue weighted by molar-refractivity contribution is 6.06. The fourth-order valence-corrected chi connectivity index (χ4v) is 3.25. The third-order valence-corrected chi connectivity index (χ3v) is 4.38. The number of nitrogens with one attached hydrogen (secondary N) is 1. The molecule has 2 heterocycles. The Morgan fingerprint density at radius 3 is 2.44 bits per heavy atom. The minimum absolute atomic E-state index is 0.00486. The van der Waals surface area contributed by atoms with Crippen LogP contribution in [0, 0.1) is 19.7 Å². The van der Waals surface area contributed by atoms with Gasteiger partial charge < -0.3 is 5.32 Å². The first kappa shape index (κ1) is 17.0. The Morgan fingerprint density at radius 2 is 1.70 bits per heavy atom. The smallest absolute Gasteiger partial charge is 0.259 e. The van der Waals surface area contributed by atoms with E-state index < -0.39 is 11.7 Å². The van der Waals surface area contributed by atoms with E-state index in [0.717, 1.165) is 16.7 Å². The second kappa shape index (κ2) is 6.68. The predicted molar refractivity (Wildman–Crippen MR) is 104 cm³/mol. The number of aryl methyl sites for hydroxylation is 2. The Bertz CT molecular complexity index is 1140. The van der Waals surface area contributed by atoms with E-state index in [-0.39, 0.29) is 5.56 Å². The van der Waals surface area contributed by atoms with Crippen LogP contribution in [0.2, 0.25) is 0 Å². The zero-order chi connectivity index (χ0) is 19.0. The van der Waals surface area contributed by atoms with Gasteiger partial charge in [-0.3, -0.25) is 9.20 Å². The maximum atomic E-state index is 14.0. The molecule has 0 unspecified atom stereocenters.